The van der Waals surface area contributed by atoms with Gasteiger partial charge in [0.25, 0.3) is 0 Å². The van der Waals surface area contributed by atoms with Crippen molar-refractivity contribution in [2.24, 2.45) is 0 Å². The minimum atomic E-state index is 0.207. The van der Waals surface area contributed by atoms with Crippen LogP contribution in [0, 0.1) is 13.8 Å². The molecule has 0 spiro atoms. The van der Waals surface area contributed by atoms with Gasteiger partial charge in [0.15, 0.2) is 0 Å². The lowest BCUT2D eigenvalue weighted by atomic mass is 10.2. The molecule has 2 rings (SSSR count). The highest BCUT2D eigenvalue weighted by Crippen LogP contribution is 2.17. The summed E-state index contributed by atoms with van der Waals surface area (Å²) in [7, 11) is 0. The topological polar surface area (TPSA) is 56.3 Å². The number of nitrogen functional groups attached to an aromatic ring is 1. The number of aryl methyl sites for hydroxylation is 1. The largest absolute Gasteiger partial charge is 0.396 e. The lowest BCUT2D eigenvalue weighted by Crippen LogP contribution is -2.47. The molecule has 102 valence electrons. The van der Waals surface area contributed by atoms with Gasteiger partial charge >= 0.3 is 0 Å². The molecule has 1 aromatic heterocycles. The molecule has 1 unspecified atom stereocenters. The summed E-state index contributed by atoms with van der Waals surface area (Å²) >= 11 is 0. The Morgan fingerprint density at radius 2 is 2.17 bits per heavy atom. The molecular weight excluding hydrogens is 228 g/mol. The molecule has 1 aliphatic heterocycles. The van der Waals surface area contributed by atoms with Crippen molar-refractivity contribution in [3.05, 3.63) is 11.4 Å². The van der Waals surface area contributed by atoms with E-state index in [1.165, 1.54) is 0 Å². The summed E-state index contributed by atoms with van der Waals surface area (Å²) in [6, 6.07) is 0.571. The molecule has 0 bridgehead atoms. The maximum Gasteiger partial charge on any atom is 0.0898 e. The number of morpholine rings is 1. The molecule has 1 saturated heterocycles. The first kappa shape index (κ1) is 13.4. The van der Waals surface area contributed by atoms with Crippen molar-refractivity contribution >= 4 is 5.69 Å². The number of ether oxygens (including phenoxy) is 1. The number of rotatable bonds is 3. The third-order valence-electron chi connectivity index (χ3n) is 3.71. The van der Waals surface area contributed by atoms with Gasteiger partial charge in [0.1, 0.15) is 0 Å². The Hall–Kier alpha value is -1.07. The van der Waals surface area contributed by atoms with Crippen LogP contribution < -0.4 is 5.73 Å². The van der Waals surface area contributed by atoms with E-state index in [0.717, 1.165) is 43.3 Å². The Kier molecular flexibility index (Phi) is 3.92. The predicted molar refractivity (Wildman–Crippen MR) is 72.6 cm³/mol. The highest BCUT2D eigenvalue weighted by Gasteiger charge is 2.23. The van der Waals surface area contributed by atoms with Crippen molar-refractivity contribution in [3.63, 3.8) is 0 Å². The fraction of sp³-hybridized carbons (Fsp3) is 0.769. The minimum Gasteiger partial charge on any atom is -0.396 e. The zero-order valence-electron chi connectivity index (χ0n) is 11.8. The SMILES string of the molecule is Cc1nn(CC2CN(C(C)C)CCO2)c(C)c1N. The van der Waals surface area contributed by atoms with Crippen LogP contribution >= 0.6 is 0 Å². The maximum atomic E-state index is 5.95. The van der Waals surface area contributed by atoms with Gasteiger partial charge in [-0.15, -0.1) is 0 Å². The second-order valence-corrected chi connectivity index (χ2v) is 5.35. The molecule has 2 N–H and O–H groups in total. The van der Waals surface area contributed by atoms with Gasteiger partial charge in [0, 0.05) is 19.1 Å². The molecule has 5 nitrogen and oxygen atoms in total. The summed E-state index contributed by atoms with van der Waals surface area (Å²) in [5.74, 6) is 0. The van der Waals surface area contributed by atoms with E-state index in [4.69, 9.17) is 10.5 Å². The van der Waals surface area contributed by atoms with E-state index in [9.17, 15) is 0 Å². The lowest BCUT2D eigenvalue weighted by molar-refractivity contribution is -0.0472. The average Bonchev–Trinajstić information content (AvgIpc) is 2.57. The zero-order chi connectivity index (χ0) is 13.3. The smallest absolute Gasteiger partial charge is 0.0898 e. The van der Waals surface area contributed by atoms with Crippen LogP contribution in [0.5, 0.6) is 0 Å². The summed E-state index contributed by atoms with van der Waals surface area (Å²) in [5, 5.41) is 4.47. The molecule has 0 amide bonds. The van der Waals surface area contributed by atoms with Gasteiger partial charge in [-0.25, -0.2) is 0 Å². The highest BCUT2D eigenvalue weighted by atomic mass is 16.5. The third-order valence-corrected chi connectivity index (χ3v) is 3.71. The average molecular weight is 252 g/mol. The summed E-state index contributed by atoms with van der Waals surface area (Å²) in [4.78, 5) is 2.45. The van der Waals surface area contributed by atoms with Crippen molar-refractivity contribution in [1.82, 2.24) is 14.7 Å². The van der Waals surface area contributed by atoms with Crippen molar-refractivity contribution in [2.75, 3.05) is 25.4 Å². The molecule has 1 fully saturated rings. The van der Waals surface area contributed by atoms with E-state index in [1.807, 2.05) is 18.5 Å². The zero-order valence-corrected chi connectivity index (χ0v) is 11.8. The van der Waals surface area contributed by atoms with E-state index < -0.39 is 0 Å². The van der Waals surface area contributed by atoms with Crippen LogP contribution in [-0.4, -0.2) is 46.5 Å². The second kappa shape index (κ2) is 5.28. The highest BCUT2D eigenvalue weighted by molar-refractivity contribution is 5.46. The van der Waals surface area contributed by atoms with E-state index in [-0.39, 0.29) is 6.10 Å². The van der Waals surface area contributed by atoms with Gasteiger partial charge in [-0.2, -0.15) is 5.10 Å². The van der Waals surface area contributed by atoms with Gasteiger partial charge in [0.2, 0.25) is 0 Å². The van der Waals surface area contributed by atoms with Crippen LogP contribution in [0.1, 0.15) is 25.2 Å². The molecule has 2 heterocycles. The molecule has 1 aliphatic rings. The minimum absolute atomic E-state index is 0.207. The van der Waals surface area contributed by atoms with Gasteiger partial charge in [0.05, 0.1) is 36.3 Å². The van der Waals surface area contributed by atoms with E-state index >= 15 is 0 Å². The Bertz CT molecular complexity index is 413. The van der Waals surface area contributed by atoms with Crippen molar-refractivity contribution in [2.45, 2.75) is 46.4 Å². The number of nitrogens with two attached hydrogens (primary N) is 1. The van der Waals surface area contributed by atoms with Crippen LogP contribution in [0.25, 0.3) is 0 Å². The quantitative estimate of drug-likeness (QED) is 0.878. The molecule has 1 atom stereocenters. The van der Waals surface area contributed by atoms with E-state index in [1.54, 1.807) is 0 Å². The van der Waals surface area contributed by atoms with Crippen molar-refractivity contribution in [1.29, 1.82) is 0 Å². The Labute approximate surface area is 109 Å². The molecular formula is C13H24N4O. The maximum absolute atomic E-state index is 5.95. The van der Waals surface area contributed by atoms with Crippen molar-refractivity contribution in [3.8, 4) is 0 Å². The standard InChI is InChI=1S/C13H24N4O/c1-9(2)16-5-6-18-12(7-16)8-17-11(4)13(14)10(3)15-17/h9,12H,5-8,14H2,1-4H3. The van der Waals surface area contributed by atoms with Crippen LogP contribution in [-0.2, 0) is 11.3 Å². The Balaban J connectivity index is 2.02. The number of hydrogen-bond acceptors (Lipinski definition) is 4. The Morgan fingerprint density at radius 1 is 1.44 bits per heavy atom. The number of aromatic nitrogens is 2. The van der Waals surface area contributed by atoms with Crippen LogP contribution in [0.3, 0.4) is 0 Å². The fourth-order valence-electron chi connectivity index (χ4n) is 2.40. The molecule has 1 aromatic rings. The summed E-state index contributed by atoms with van der Waals surface area (Å²) in [6.45, 7) is 12.0. The molecule has 0 saturated carbocycles. The van der Waals surface area contributed by atoms with E-state index in [0.29, 0.717) is 6.04 Å². The van der Waals surface area contributed by atoms with Gasteiger partial charge < -0.3 is 10.5 Å². The van der Waals surface area contributed by atoms with Gasteiger partial charge in [-0.1, -0.05) is 0 Å². The van der Waals surface area contributed by atoms with Crippen LogP contribution in [0.15, 0.2) is 0 Å². The molecule has 18 heavy (non-hydrogen) atoms. The first-order chi connectivity index (χ1) is 8.49. The van der Waals surface area contributed by atoms with Crippen molar-refractivity contribution < 1.29 is 4.74 Å². The first-order valence-electron chi connectivity index (χ1n) is 6.64. The monoisotopic (exact) mass is 252 g/mol. The van der Waals surface area contributed by atoms with Gasteiger partial charge in [-0.05, 0) is 27.7 Å². The lowest BCUT2D eigenvalue weighted by Gasteiger charge is -2.35. The Morgan fingerprint density at radius 3 is 2.72 bits per heavy atom. The summed E-state index contributed by atoms with van der Waals surface area (Å²) in [6.07, 6.45) is 0.207. The molecule has 5 heteroatoms. The molecule has 0 aromatic carbocycles. The number of hydrogen-bond donors (Lipinski definition) is 1. The number of nitrogens with zero attached hydrogens (tertiary/aromatic N) is 3. The molecule has 0 radical (unpaired) electrons. The molecule has 0 aliphatic carbocycles. The predicted octanol–water partition coefficient (Wildman–Crippen LogP) is 1.19. The number of anilines is 1. The summed E-state index contributed by atoms with van der Waals surface area (Å²) < 4.78 is 7.79. The second-order valence-electron chi connectivity index (χ2n) is 5.35. The third kappa shape index (κ3) is 2.67. The van der Waals surface area contributed by atoms with Crippen LogP contribution in [0.2, 0.25) is 0 Å². The van der Waals surface area contributed by atoms with E-state index in [2.05, 4.69) is 23.8 Å². The first-order valence-corrected chi connectivity index (χ1v) is 6.64. The van der Waals surface area contributed by atoms with Crippen LogP contribution in [0.4, 0.5) is 5.69 Å². The summed E-state index contributed by atoms with van der Waals surface area (Å²) in [5.41, 5.74) is 8.69. The normalized spacial score (nSPS) is 21.7. The van der Waals surface area contributed by atoms with Gasteiger partial charge in [-0.3, -0.25) is 9.58 Å². The fourth-order valence-corrected chi connectivity index (χ4v) is 2.40.